The molecule has 2 aromatic rings. The Morgan fingerprint density at radius 2 is 2.11 bits per heavy atom. The highest BCUT2D eigenvalue weighted by Gasteiger charge is 2.18. The molecule has 0 unspecified atom stereocenters. The third kappa shape index (κ3) is 3.22. The zero-order chi connectivity index (χ0) is 13.1. The third-order valence-electron chi connectivity index (χ3n) is 2.46. The molecule has 94 valence electrons. The molecule has 18 heavy (non-hydrogen) atoms. The normalized spacial score (nSPS) is 10.4. The van der Waals surface area contributed by atoms with Crippen LogP contribution in [0.4, 0.5) is 10.1 Å². The molecule has 1 heterocycles. The van der Waals surface area contributed by atoms with E-state index in [0.717, 1.165) is 10.6 Å². The van der Waals surface area contributed by atoms with Crippen LogP contribution in [0.25, 0.3) is 0 Å². The van der Waals surface area contributed by atoms with Crippen LogP contribution in [0.2, 0.25) is 11.3 Å². The van der Waals surface area contributed by atoms with Crippen LogP contribution in [-0.4, -0.2) is 17.1 Å². The second kappa shape index (κ2) is 5.69. The molecule has 2 rings (SSSR count). The first-order valence-electron chi connectivity index (χ1n) is 5.37. The first kappa shape index (κ1) is 13.3. The van der Waals surface area contributed by atoms with Gasteiger partial charge in [-0.2, -0.15) is 0 Å². The molecule has 0 amide bonds. The van der Waals surface area contributed by atoms with E-state index in [9.17, 15) is 9.41 Å². The predicted molar refractivity (Wildman–Crippen MR) is 73.5 cm³/mol. The van der Waals surface area contributed by atoms with E-state index in [0.29, 0.717) is 11.0 Å². The van der Waals surface area contributed by atoms with Crippen molar-refractivity contribution in [2.45, 2.75) is 13.4 Å². The van der Waals surface area contributed by atoms with E-state index in [1.54, 1.807) is 30.0 Å². The molecule has 0 atom stereocenters. The summed E-state index contributed by atoms with van der Waals surface area (Å²) in [5, 5.41) is 9.79. The fourth-order valence-electron chi connectivity index (χ4n) is 1.60. The van der Waals surface area contributed by atoms with Crippen molar-refractivity contribution in [1.82, 2.24) is 4.98 Å². The van der Waals surface area contributed by atoms with Crippen molar-refractivity contribution in [3.05, 3.63) is 45.6 Å². The Kier molecular flexibility index (Phi) is 4.21. The number of anilines is 1. The minimum atomic E-state index is -0.684. The Bertz CT molecular complexity index is 520. The van der Waals surface area contributed by atoms with Crippen molar-refractivity contribution in [3.63, 3.8) is 0 Å². The van der Waals surface area contributed by atoms with Gasteiger partial charge in [-0.25, -0.2) is 9.37 Å². The molecule has 0 saturated carbocycles. The van der Waals surface area contributed by atoms with Crippen LogP contribution in [-0.2, 0) is 6.54 Å². The van der Waals surface area contributed by atoms with Crippen molar-refractivity contribution < 1.29 is 9.41 Å². The van der Waals surface area contributed by atoms with E-state index in [2.05, 4.69) is 4.98 Å². The fourth-order valence-corrected chi connectivity index (χ4v) is 2.57. The summed E-state index contributed by atoms with van der Waals surface area (Å²) in [4.78, 5) is 6.63. The molecular weight excluding hydrogens is 273 g/mol. The second-order valence-electron chi connectivity index (χ2n) is 3.82. The quantitative estimate of drug-likeness (QED) is 0.877. The molecule has 0 aliphatic heterocycles. The molecule has 0 aliphatic carbocycles. The molecule has 0 spiro atoms. The number of hydrogen-bond acceptors (Lipinski definition) is 4. The number of benzene rings is 1. The Balaban J connectivity index is 2.20. The number of halogens is 2. The summed E-state index contributed by atoms with van der Waals surface area (Å²) in [6, 6.07) is 5.99. The van der Waals surface area contributed by atoms with Gasteiger partial charge in [0, 0.05) is 23.3 Å². The maximum Gasteiger partial charge on any atom is 0.409 e. The average molecular weight is 285 g/mol. The van der Waals surface area contributed by atoms with Crippen LogP contribution in [0.3, 0.4) is 0 Å². The van der Waals surface area contributed by atoms with Crippen molar-refractivity contribution in [3.8, 4) is 0 Å². The molecular formula is C11H11BClFN2OS. The zero-order valence-corrected chi connectivity index (χ0v) is 11.2. The highest BCUT2D eigenvalue weighted by molar-refractivity contribution is 7.15. The molecule has 0 aliphatic rings. The highest BCUT2D eigenvalue weighted by atomic mass is 35.5. The number of hydrogen-bond donors (Lipinski definition) is 1. The van der Waals surface area contributed by atoms with Gasteiger partial charge in [-0.15, -0.1) is 11.3 Å². The molecule has 1 aromatic heterocycles. The van der Waals surface area contributed by atoms with E-state index in [1.807, 2.05) is 0 Å². The molecule has 0 saturated heterocycles. The minimum Gasteiger partial charge on any atom is -0.432 e. The van der Waals surface area contributed by atoms with Gasteiger partial charge >= 0.3 is 7.05 Å². The van der Waals surface area contributed by atoms with E-state index in [-0.39, 0.29) is 5.82 Å². The molecule has 0 fully saturated rings. The van der Waals surface area contributed by atoms with Gasteiger partial charge in [0.2, 0.25) is 0 Å². The van der Waals surface area contributed by atoms with E-state index in [4.69, 9.17) is 11.6 Å². The lowest BCUT2D eigenvalue weighted by molar-refractivity contribution is 0.569. The summed E-state index contributed by atoms with van der Waals surface area (Å²) in [6.45, 7) is 2.14. The Hall–Kier alpha value is -1.11. The second-order valence-corrected chi connectivity index (χ2v) is 5.51. The van der Waals surface area contributed by atoms with Gasteiger partial charge in [0.25, 0.3) is 0 Å². The summed E-state index contributed by atoms with van der Waals surface area (Å²) in [7, 11) is -0.684. The summed E-state index contributed by atoms with van der Waals surface area (Å²) in [5.41, 5.74) is 0.746. The highest BCUT2D eigenvalue weighted by Crippen LogP contribution is 2.23. The van der Waals surface area contributed by atoms with Crippen molar-refractivity contribution in [2.24, 2.45) is 0 Å². The van der Waals surface area contributed by atoms with Gasteiger partial charge in [0.1, 0.15) is 5.82 Å². The zero-order valence-electron chi connectivity index (χ0n) is 9.68. The molecule has 1 aromatic carbocycles. The molecule has 0 radical (unpaired) electrons. The van der Waals surface area contributed by atoms with Gasteiger partial charge in [-0.1, -0.05) is 11.6 Å². The van der Waals surface area contributed by atoms with Gasteiger partial charge < -0.3 is 9.83 Å². The summed E-state index contributed by atoms with van der Waals surface area (Å²) in [5.74, 6) is -0.301. The first-order chi connectivity index (χ1) is 8.56. The van der Waals surface area contributed by atoms with Crippen LogP contribution in [0.5, 0.6) is 0 Å². The number of nitrogens with zero attached hydrogens (tertiary/aromatic N) is 2. The Morgan fingerprint density at radius 3 is 2.61 bits per heavy atom. The van der Waals surface area contributed by atoms with Crippen molar-refractivity contribution in [1.29, 1.82) is 0 Å². The predicted octanol–water partition coefficient (Wildman–Crippen LogP) is 3.05. The van der Waals surface area contributed by atoms with E-state index >= 15 is 0 Å². The molecule has 7 heteroatoms. The minimum absolute atomic E-state index is 0.301. The smallest absolute Gasteiger partial charge is 0.409 e. The van der Waals surface area contributed by atoms with Gasteiger partial charge in [-0.05, 0) is 31.1 Å². The number of rotatable bonds is 4. The molecule has 0 bridgehead atoms. The molecule has 3 nitrogen and oxygen atoms in total. The van der Waals surface area contributed by atoms with E-state index < -0.39 is 7.05 Å². The largest absolute Gasteiger partial charge is 0.432 e. The lowest BCUT2D eigenvalue weighted by Crippen LogP contribution is -2.36. The van der Waals surface area contributed by atoms with Crippen molar-refractivity contribution in [2.75, 3.05) is 4.81 Å². The van der Waals surface area contributed by atoms with Crippen LogP contribution in [0.1, 0.15) is 4.88 Å². The standard InChI is InChI=1S/C11H11BClFN2OS/c1-12(17)16(7-10-6-15-11(13)18-10)9-4-2-8(14)3-5-9/h2-6,17H,7H2,1H3. The lowest BCUT2D eigenvalue weighted by Gasteiger charge is -2.25. The van der Waals surface area contributed by atoms with Crippen LogP contribution < -0.4 is 4.81 Å². The maximum atomic E-state index is 12.9. The third-order valence-corrected chi connectivity index (χ3v) is 3.56. The number of aromatic nitrogens is 1. The maximum absolute atomic E-state index is 12.9. The van der Waals surface area contributed by atoms with Gasteiger partial charge in [0.05, 0.1) is 0 Å². The monoisotopic (exact) mass is 284 g/mol. The lowest BCUT2D eigenvalue weighted by atomic mass is 9.84. The van der Waals surface area contributed by atoms with Gasteiger partial charge in [-0.3, -0.25) is 0 Å². The van der Waals surface area contributed by atoms with E-state index in [1.165, 1.54) is 23.5 Å². The summed E-state index contributed by atoms with van der Waals surface area (Å²) < 4.78 is 13.3. The molecule has 1 N–H and O–H groups in total. The van der Waals surface area contributed by atoms with Crippen LogP contribution in [0.15, 0.2) is 30.5 Å². The fraction of sp³-hybridized carbons (Fsp3) is 0.182. The Labute approximate surface area is 114 Å². The van der Waals surface area contributed by atoms with Crippen LogP contribution >= 0.6 is 22.9 Å². The first-order valence-corrected chi connectivity index (χ1v) is 6.56. The topological polar surface area (TPSA) is 36.4 Å². The van der Waals surface area contributed by atoms with Gasteiger partial charge in [0.15, 0.2) is 4.47 Å². The van der Waals surface area contributed by atoms with Crippen LogP contribution in [0, 0.1) is 5.82 Å². The van der Waals surface area contributed by atoms with Crippen molar-refractivity contribution >= 4 is 35.7 Å². The average Bonchev–Trinajstić information content (AvgIpc) is 2.73. The summed E-state index contributed by atoms with van der Waals surface area (Å²) in [6.07, 6.45) is 1.67. The Morgan fingerprint density at radius 1 is 1.44 bits per heavy atom. The number of thiazole rings is 1. The SMILES string of the molecule is CB(O)N(Cc1cnc(Cl)s1)c1ccc(F)cc1. The summed E-state index contributed by atoms with van der Waals surface area (Å²) >= 11 is 7.13.